The van der Waals surface area contributed by atoms with Gasteiger partial charge in [0.2, 0.25) is 0 Å². The van der Waals surface area contributed by atoms with Gasteiger partial charge in [-0.15, -0.1) is 0 Å². The summed E-state index contributed by atoms with van der Waals surface area (Å²) in [6, 6.07) is 42.6. The standard InChI is InChI=1S/C22H19.C21H17.C4H11Si.2ClH.Zr/c1-3-16-13-21-15(2)11-12-20(22(21)14-16)19-10-6-8-17-7-4-5-9-18(17)19;1-14-12-20-15(2)10-11-19(21(20)13-14)18-9-5-7-16-6-3-4-8-17(16)18;1-3-5-4-2;;;/h4-14H,3H2,1-2H3;3-13H,1-2H3;5H,3-4H2,1-2H3;2*1H;/q;;;;;+2/p-2. The molecule has 0 amide bonds. The third-order valence-corrected chi connectivity index (χ3v) is 62.5. The normalized spacial score (nSPS) is 17.7. The van der Waals surface area contributed by atoms with E-state index in [9.17, 15) is 0 Å². The topological polar surface area (TPSA) is 0 Å². The summed E-state index contributed by atoms with van der Waals surface area (Å²) in [6.45, 7) is 14.0. The molecule has 0 aromatic heterocycles. The van der Waals surface area contributed by atoms with Gasteiger partial charge in [-0.1, -0.05) is 0 Å². The van der Waals surface area contributed by atoms with E-state index in [2.05, 4.69) is 163 Å². The molecule has 6 aromatic carbocycles. The fraction of sp³-hybridized carbons (Fsp3) is 0.234. The van der Waals surface area contributed by atoms with Crippen LogP contribution in [-0.2, 0) is 15.6 Å². The van der Waals surface area contributed by atoms with Crippen LogP contribution < -0.4 is 0 Å². The summed E-state index contributed by atoms with van der Waals surface area (Å²) in [4.78, 5) is 0. The van der Waals surface area contributed by atoms with Crippen LogP contribution in [0.25, 0.3) is 56.0 Å². The Labute approximate surface area is 313 Å². The first kappa shape index (κ1) is 35.1. The zero-order chi connectivity index (χ0) is 35.7. The van der Waals surface area contributed by atoms with Crippen molar-refractivity contribution in [3.8, 4) is 22.3 Å². The van der Waals surface area contributed by atoms with Crippen LogP contribution in [0.2, 0.25) is 12.1 Å². The van der Waals surface area contributed by atoms with Crippen LogP contribution >= 0.6 is 17.0 Å². The molecule has 0 saturated heterocycles. The molecular weight excluding hydrogens is 755 g/mol. The van der Waals surface area contributed by atoms with Gasteiger partial charge in [0.25, 0.3) is 0 Å². The Balaban J connectivity index is 1.40. The monoisotopic (exact) mass is 799 g/mol. The Bertz CT molecular complexity index is 2420. The summed E-state index contributed by atoms with van der Waals surface area (Å²) in [7, 11) is 18.0. The van der Waals surface area contributed by atoms with Crippen molar-refractivity contribution in [1.29, 1.82) is 0 Å². The molecule has 0 nitrogen and oxygen atoms in total. The van der Waals surface area contributed by atoms with Gasteiger partial charge in [0.15, 0.2) is 0 Å². The van der Waals surface area contributed by atoms with Crippen LogP contribution in [0.4, 0.5) is 0 Å². The van der Waals surface area contributed by atoms with Gasteiger partial charge in [-0.25, -0.2) is 0 Å². The van der Waals surface area contributed by atoms with E-state index in [1.54, 1.807) is 0 Å². The van der Waals surface area contributed by atoms with Gasteiger partial charge < -0.3 is 0 Å². The minimum absolute atomic E-state index is 0.0720. The van der Waals surface area contributed by atoms with E-state index in [4.69, 9.17) is 17.0 Å². The predicted octanol–water partition coefficient (Wildman–Crippen LogP) is 14.7. The summed E-state index contributed by atoms with van der Waals surface area (Å²) in [5.74, 6) is -1.69. The van der Waals surface area contributed by atoms with Crippen molar-refractivity contribution in [3.05, 3.63) is 154 Å². The molecule has 6 aromatic rings. The quantitative estimate of drug-likeness (QED) is 0.135. The molecule has 0 radical (unpaired) electrons. The van der Waals surface area contributed by atoms with Crippen molar-refractivity contribution in [3.63, 3.8) is 0 Å². The Kier molecular flexibility index (Phi) is 9.03. The van der Waals surface area contributed by atoms with Crippen LogP contribution in [-0.4, -0.2) is 5.92 Å². The molecule has 4 heteroatoms. The van der Waals surface area contributed by atoms with Crippen molar-refractivity contribution in [2.75, 3.05) is 0 Å². The summed E-state index contributed by atoms with van der Waals surface area (Å²) in [5, 5.41) is 5.11. The first-order valence-electron chi connectivity index (χ1n) is 18.8. The number of hydrogen-bond acceptors (Lipinski definition) is 0. The van der Waals surface area contributed by atoms with Crippen molar-refractivity contribution in [2.24, 2.45) is 0 Å². The number of aryl methyl sites for hydroxylation is 2. The predicted molar refractivity (Wildman–Crippen MR) is 225 cm³/mol. The van der Waals surface area contributed by atoms with Crippen LogP contribution in [0.1, 0.15) is 74.7 Å². The number of benzene rings is 6. The van der Waals surface area contributed by atoms with E-state index in [0.29, 0.717) is 0 Å². The van der Waals surface area contributed by atoms with Crippen molar-refractivity contribution in [1.82, 2.24) is 0 Å². The van der Waals surface area contributed by atoms with Gasteiger partial charge in [0, 0.05) is 0 Å². The van der Waals surface area contributed by atoms with Gasteiger partial charge in [-0.2, -0.15) is 0 Å². The Morgan fingerprint density at radius 3 is 1.51 bits per heavy atom. The fourth-order valence-electron chi connectivity index (χ4n) is 10.3. The van der Waals surface area contributed by atoms with Crippen molar-refractivity contribution in [2.45, 2.75) is 67.3 Å². The zero-order valence-corrected chi connectivity index (χ0v) is 35.8. The van der Waals surface area contributed by atoms with E-state index < -0.39 is 21.5 Å². The molecule has 0 aliphatic heterocycles. The van der Waals surface area contributed by atoms with Crippen molar-refractivity contribution < 1.29 is 15.6 Å². The molecule has 257 valence electrons. The molecule has 0 N–H and O–H groups in total. The number of halogens is 2. The van der Waals surface area contributed by atoms with Gasteiger partial charge in [-0.05, 0) is 0 Å². The molecular formula is C47H47Cl2SiZr. The zero-order valence-electron chi connectivity index (χ0n) is 30.7. The minimum atomic E-state index is -5.00. The third-order valence-electron chi connectivity index (χ3n) is 12.6. The molecule has 0 saturated carbocycles. The Morgan fingerprint density at radius 1 is 0.529 bits per heavy atom. The molecule has 0 spiro atoms. The maximum absolute atomic E-state index is 8.98. The van der Waals surface area contributed by atoms with Crippen LogP contribution in [0, 0.1) is 13.8 Å². The molecule has 0 heterocycles. The fourth-order valence-corrected chi connectivity index (χ4v) is 64.1. The average molecular weight is 802 g/mol. The molecule has 2 atom stereocenters. The molecule has 51 heavy (non-hydrogen) atoms. The Hall–Kier alpha value is -3.00. The second-order valence-corrected chi connectivity index (χ2v) is 55.9. The Morgan fingerprint density at radius 2 is 1.00 bits per heavy atom. The van der Waals surface area contributed by atoms with Gasteiger partial charge in [0.05, 0.1) is 0 Å². The second kappa shape index (κ2) is 13.1. The maximum atomic E-state index is 8.98. The summed E-state index contributed by atoms with van der Waals surface area (Å²) in [5.41, 5.74) is 16.1. The van der Waals surface area contributed by atoms with Crippen LogP contribution in [0.3, 0.4) is 0 Å². The molecule has 2 aliphatic carbocycles. The molecule has 0 bridgehead atoms. The van der Waals surface area contributed by atoms with E-state index >= 15 is 0 Å². The number of allylic oxidation sites excluding steroid dienone is 2. The van der Waals surface area contributed by atoms with Crippen LogP contribution in [0.15, 0.2) is 120 Å². The summed E-state index contributed by atoms with van der Waals surface area (Å²) in [6.07, 6.45) is 5.94. The molecule has 8 rings (SSSR count). The molecule has 2 aliphatic rings. The number of hydrogen-bond donors (Lipinski definition) is 0. The van der Waals surface area contributed by atoms with Gasteiger partial charge in [0.1, 0.15) is 0 Å². The second-order valence-electron chi connectivity index (χ2n) is 15.1. The van der Waals surface area contributed by atoms with Gasteiger partial charge in [-0.3, -0.25) is 0 Å². The molecule has 2 unspecified atom stereocenters. The van der Waals surface area contributed by atoms with Crippen LogP contribution in [0.5, 0.6) is 0 Å². The van der Waals surface area contributed by atoms with Gasteiger partial charge >= 0.3 is 315 Å². The SMILES string of the molecule is CCC1=Cc2c(-c3cccc4ccccc34)ccc(C)c2[CH]1[Zr]([Cl])([Cl])([CH]1C(C)=Cc2c(-c3cccc4ccccc34)ccc(C)c21)[SiH](CC)CC. The summed E-state index contributed by atoms with van der Waals surface area (Å²) >= 11 is -5.00. The van der Waals surface area contributed by atoms with E-state index in [0.717, 1.165) is 18.5 Å². The number of rotatable bonds is 8. The molecule has 0 fully saturated rings. The van der Waals surface area contributed by atoms with E-state index in [1.807, 2.05) is 0 Å². The average Bonchev–Trinajstić information content (AvgIpc) is 3.73. The van der Waals surface area contributed by atoms with E-state index in [1.165, 1.54) is 88.3 Å². The first-order chi connectivity index (χ1) is 24.6. The third kappa shape index (κ3) is 5.22. The number of fused-ring (bicyclic) bond motifs is 4. The van der Waals surface area contributed by atoms with E-state index in [-0.39, 0.29) is 7.25 Å². The summed E-state index contributed by atoms with van der Waals surface area (Å²) < 4.78 is 0.156. The first-order valence-corrected chi connectivity index (χ1v) is 34.4. The van der Waals surface area contributed by atoms with Crippen molar-refractivity contribution >= 4 is 56.6 Å².